The average molecular weight is 350 g/mol. The van der Waals surface area contributed by atoms with Crippen molar-refractivity contribution in [3.8, 4) is 0 Å². The number of halogens is 1. The van der Waals surface area contributed by atoms with Gasteiger partial charge < -0.3 is 4.90 Å². The Balaban J connectivity index is 1.67. The van der Waals surface area contributed by atoms with Crippen LogP contribution in [0.1, 0.15) is 11.3 Å². The Hall–Kier alpha value is -2.12. The molecule has 0 aliphatic carbocycles. The van der Waals surface area contributed by atoms with Crippen LogP contribution in [0.4, 0.5) is 11.5 Å². The van der Waals surface area contributed by atoms with Crippen LogP contribution < -0.4 is 4.90 Å². The highest BCUT2D eigenvalue weighted by atomic mass is 35.5. The number of hydrogen-bond donors (Lipinski definition) is 0. The standard InChI is InChI=1S/C16H20ClN5O2/c1-12-15(22(23)24)16(19(2)18-12)21-9-7-20(8-10-21)11-13-3-5-14(17)6-4-13/h3-6H,7-11H2,1-2H3. The Labute approximate surface area is 145 Å². The lowest BCUT2D eigenvalue weighted by atomic mass is 10.2. The minimum Gasteiger partial charge on any atom is -0.349 e. The van der Waals surface area contributed by atoms with Gasteiger partial charge in [-0.05, 0) is 24.6 Å². The predicted octanol–water partition coefficient (Wildman–Crippen LogP) is 2.61. The van der Waals surface area contributed by atoms with E-state index < -0.39 is 0 Å². The molecular weight excluding hydrogens is 330 g/mol. The molecule has 1 aliphatic rings. The number of rotatable bonds is 4. The van der Waals surface area contributed by atoms with Crippen LogP contribution in [-0.4, -0.2) is 45.8 Å². The van der Waals surface area contributed by atoms with E-state index in [-0.39, 0.29) is 10.6 Å². The van der Waals surface area contributed by atoms with Crippen LogP contribution in [0.5, 0.6) is 0 Å². The third-order valence-electron chi connectivity index (χ3n) is 4.33. The number of hydrogen-bond acceptors (Lipinski definition) is 5. The largest absolute Gasteiger partial charge is 0.349 e. The lowest BCUT2D eigenvalue weighted by molar-refractivity contribution is -0.384. The van der Waals surface area contributed by atoms with E-state index in [0.717, 1.165) is 37.7 Å². The van der Waals surface area contributed by atoms with Gasteiger partial charge in [0.05, 0.1) is 4.92 Å². The summed E-state index contributed by atoms with van der Waals surface area (Å²) in [5.41, 5.74) is 1.79. The van der Waals surface area contributed by atoms with E-state index in [1.807, 2.05) is 24.3 Å². The van der Waals surface area contributed by atoms with E-state index in [1.54, 1.807) is 18.7 Å². The van der Waals surface area contributed by atoms with Crippen LogP contribution in [-0.2, 0) is 13.6 Å². The molecule has 2 heterocycles. The molecule has 0 atom stereocenters. The fourth-order valence-corrected chi connectivity index (χ4v) is 3.29. The van der Waals surface area contributed by atoms with E-state index in [4.69, 9.17) is 11.6 Å². The maximum Gasteiger partial charge on any atom is 0.333 e. The molecule has 0 unspecified atom stereocenters. The lowest BCUT2D eigenvalue weighted by Gasteiger charge is -2.35. The highest BCUT2D eigenvalue weighted by Crippen LogP contribution is 2.31. The van der Waals surface area contributed by atoms with Crippen LogP contribution in [0.25, 0.3) is 0 Å². The van der Waals surface area contributed by atoms with Crippen LogP contribution in [0.15, 0.2) is 24.3 Å². The minimum atomic E-state index is -0.336. The number of nitro groups is 1. The summed E-state index contributed by atoms with van der Waals surface area (Å²) in [7, 11) is 1.76. The van der Waals surface area contributed by atoms with Crippen molar-refractivity contribution in [2.24, 2.45) is 7.05 Å². The average Bonchev–Trinajstić information content (AvgIpc) is 2.85. The van der Waals surface area contributed by atoms with Gasteiger partial charge in [0.1, 0.15) is 5.69 Å². The molecule has 7 nitrogen and oxygen atoms in total. The number of aryl methyl sites for hydroxylation is 2. The maximum absolute atomic E-state index is 11.3. The van der Waals surface area contributed by atoms with Gasteiger partial charge >= 0.3 is 5.69 Å². The molecule has 1 fully saturated rings. The smallest absolute Gasteiger partial charge is 0.333 e. The summed E-state index contributed by atoms with van der Waals surface area (Å²) in [6.07, 6.45) is 0. The fourth-order valence-electron chi connectivity index (χ4n) is 3.17. The van der Waals surface area contributed by atoms with E-state index in [1.165, 1.54) is 5.56 Å². The van der Waals surface area contributed by atoms with Gasteiger partial charge in [0.25, 0.3) is 0 Å². The number of anilines is 1. The van der Waals surface area contributed by atoms with Crippen LogP contribution in [0.2, 0.25) is 5.02 Å². The van der Waals surface area contributed by atoms with Gasteiger partial charge in [-0.15, -0.1) is 0 Å². The SMILES string of the molecule is Cc1nn(C)c(N2CCN(Cc3ccc(Cl)cc3)CC2)c1[N+](=O)[O-]. The van der Waals surface area contributed by atoms with Crippen molar-refractivity contribution in [3.63, 3.8) is 0 Å². The predicted molar refractivity (Wildman–Crippen MR) is 93.5 cm³/mol. The first-order chi connectivity index (χ1) is 11.5. The number of nitrogens with zero attached hydrogens (tertiary/aromatic N) is 5. The fraction of sp³-hybridized carbons (Fsp3) is 0.438. The van der Waals surface area contributed by atoms with Gasteiger partial charge in [-0.2, -0.15) is 5.10 Å². The Morgan fingerprint density at radius 1 is 1.21 bits per heavy atom. The Kier molecular flexibility index (Phi) is 4.73. The van der Waals surface area contributed by atoms with Gasteiger partial charge in [-0.1, -0.05) is 23.7 Å². The molecule has 1 saturated heterocycles. The molecule has 3 rings (SSSR count). The van der Waals surface area contributed by atoms with Crippen molar-refractivity contribution in [1.29, 1.82) is 0 Å². The molecule has 0 amide bonds. The summed E-state index contributed by atoms with van der Waals surface area (Å²) < 4.78 is 1.61. The monoisotopic (exact) mass is 349 g/mol. The second-order valence-corrected chi connectivity index (χ2v) is 6.46. The van der Waals surface area contributed by atoms with E-state index in [2.05, 4.69) is 14.9 Å². The molecular formula is C16H20ClN5O2. The van der Waals surface area contributed by atoms with Crippen LogP contribution in [0.3, 0.4) is 0 Å². The van der Waals surface area contributed by atoms with Crippen molar-refractivity contribution in [1.82, 2.24) is 14.7 Å². The van der Waals surface area contributed by atoms with Gasteiger partial charge in [-0.3, -0.25) is 15.0 Å². The Bertz CT molecular complexity index is 736. The third kappa shape index (κ3) is 3.37. The molecule has 1 aromatic carbocycles. The molecule has 24 heavy (non-hydrogen) atoms. The Morgan fingerprint density at radius 3 is 2.42 bits per heavy atom. The van der Waals surface area contributed by atoms with Gasteiger partial charge in [0, 0.05) is 44.8 Å². The summed E-state index contributed by atoms with van der Waals surface area (Å²) in [5, 5.41) is 16.3. The molecule has 8 heteroatoms. The summed E-state index contributed by atoms with van der Waals surface area (Å²) in [6, 6.07) is 7.86. The normalized spacial score (nSPS) is 15.7. The summed E-state index contributed by atoms with van der Waals surface area (Å²) >= 11 is 5.91. The zero-order valence-corrected chi connectivity index (χ0v) is 14.5. The molecule has 128 valence electrons. The second-order valence-electron chi connectivity index (χ2n) is 6.03. The molecule has 1 aliphatic heterocycles. The molecule has 2 aromatic rings. The van der Waals surface area contributed by atoms with Crippen molar-refractivity contribution in [2.75, 3.05) is 31.1 Å². The third-order valence-corrected chi connectivity index (χ3v) is 4.59. The van der Waals surface area contributed by atoms with Crippen molar-refractivity contribution >= 4 is 23.1 Å². The van der Waals surface area contributed by atoms with Gasteiger partial charge in [0.15, 0.2) is 0 Å². The van der Waals surface area contributed by atoms with Crippen LogP contribution in [0, 0.1) is 17.0 Å². The second kappa shape index (κ2) is 6.78. The first kappa shape index (κ1) is 16.7. The molecule has 0 saturated carbocycles. The van der Waals surface area contributed by atoms with Crippen molar-refractivity contribution in [3.05, 3.63) is 50.7 Å². The first-order valence-corrected chi connectivity index (χ1v) is 8.23. The number of aromatic nitrogens is 2. The van der Waals surface area contributed by atoms with E-state index in [0.29, 0.717) is 11.5 Å². The quantitative estimate of drug-likeness (QED) is 0.627. The minimum absolute atomic E-state index is 0.114. The zero-order chi connectivity index (χ0) is 17.3. The summed E-state index contributed by atoms with van der Waals surface area (Å²) in [4.78, 5) is 15.4. The van der Waals surface area contributed by atoms with Gasteiger partial charge in [0.2, 0.25) is 5.82 Å². The lowest BCUT2D eigenvalue weighted by Crippen LogP contribution is -2.46. The first-order valence-electron chi connectivity index (χ1n) is 7.85. The molecule has 0 spiro atoms. The highest BCUT2D eigenvalue weighted by Gasteiger charge is 2.30. The molecule has 1 aromatic heterocycles. The molecule has 0 bridgehead atoms. The maximum atomic E-state index is 11.3. The Morgan fingerprint density at radius 2 is 1.83 bits per heavy atom. The van der Waals surface area contributed by atoms with Crippen molar-refractivity contribution < 1.29 is 4.92 Å². The summed E-state index contributed by atoms with van der Waals surface area (Å²) in [6.45, 7) is 5.73. The molecule has 0 N–H and O–H groups in total. The highest BCUT2D eigenvalue weighted by molar-refractivity contribution is 6.30. The topological polar surface area (TPSA) is 67.4 Å². The molecule has 0 radical (unpaired) electrons. The van der Waals surface area contributed by atoms with Crippen LogP contribution >= 0.6 is 11.6 Å². The van der Waals surface area contributed by atoms with Gasteiger partial charge in [-0.25, -0.2) is 4.68 Å². The van der Waals surface area contributed by atoms with E-state index in [9.17, 15) is 10.1 Å². The number of benzene rings is 1. The van der Waals surface area contributed by atoms with E-state index >= 15 is 0 Å². The van der Waals surface area contributed by atoms with Crippen molar-refractivity contribution in [2.45, 2.75) is 13.5 Å². The zero-order valence-electron chi connectivity index (χ0n) is 13.8. The number of piperazine rings is 1. The summed E-state index contributed by atoms with van der Waals surface area (Å²) in [5.74, 6) is 0.601.